The number of carbonyl (C=O) groups excluding carboxylic acids is 1. The maximum absolute atomic E-state index is 12.2. The van der Waals surface area contributed by atoms with Crippen LogP contribution in [0.3, 0.4) is 0 Å². The summed E-state index contributed by atoms with van der Waals surface area (Å²) < 4.78 is 2.03. The summed E-state index contributed by atoms with van der Waals surface area (Å²) >= 11 is 0. The Bertz CT molecular complexity index is 686. The highest BCUT2D eigenvalue weighted by atomic mass is 16.2. The molecule has 25 heavy (non-hydrogen) atoms. The predicted octanol–water partition coefficient (Wildman–Crippen LogP) is 2.96. The number of hydrogen-bond acceptors (Lipinski definition) is 2. The van der Waals surface area contributed by atoms with Gasteiger partial charge in [-0.1, -0.05) is 24.3 Å². The molecule has 1 aliphatic rings. The van der Waals surface area contributed by atoms with Gasteiger partial charge in [0.05, 0.1) is 6.54 Å². The number of likely N-dealkylation sites (tertiary alicyclic amines) is 1. The van der Waals surface area contributed by atoms with Gasteiger partial charge in [-0.2, -0.15) is 0 Å². The van der Waals surface area contributed by atoms with Gasteiger partial charge in [-0.15, -0.1) is 0 Å². The third-order valence-corrected chi connectivity index (χ3v) is 4.87. The van der Waals surface area contributed by atoms with Crippen LogP contribution < -0.4 is 5.32 Å². The summed E-state index contributed by atoms with van der Waals surface area (Å²) in [4.78, 5) is 16.5. The van der Waals surface area contributed by atoms with E-state index in [0.29, 0.717) is 13.1 Å². The first-order valence-corrected chi connectivity index (χ1v) is 9.01. The highest BCUT2D eigenvalue weighted by Gasteiger charge is 2.12. The molecule has 0 saturated carbocycles. The van der Waals surface area contributed by atoms with Gasteiger partial charge >= 0.3 is 6.03 Å². The number of nitrogens with zero attached hydrogens (tertiary/aromatic N) is 3. The molecule has 1 aliphatic heterocycles. The van der Waals surface area contributed by atoms with E-state index < -0.39 is 0 Å². The lowest BCUT2D eigenvalue weighted by atomic mass is 10.1. The first-order valence-electron chi connectivity index (χ1n) is 9.01. The summed E-state index contributed by atoms with van der Waals surface area (Å²) in [5.41, 5.74) is 3.59. The molecule has 1 aromatic heterocycles. The maximum Gasteiger partial charge on any atom is 0.317 e. The number of aryl methyl sites for hydroxylation is 1. The number of aromatic nitrogens is 1. The van der Waals surface area contributed by atoms with Crippen LogP contribution in [0, 0.1) is 0 Å². The van der Waals surface area contributed by atoms with Gasteiger partial charge in [0.1, 0.15) is 0 Å². The second-order valence-electron chi connectivity index (χ2n) is 6.92. The van der Waals surface area contributed by atoms with E-state index in [4.69, 9.17) is 0 Å². The van der Waals surface area contributed by atoms with Crippen molar-refractivity contribution < 1.29 is 4.79 Å². The van der Waals surface area contributed by atoms with Gasteiger partial charge in [-0.05, 0) is 49.2 Å². The van der Waals surface area contributed by atoms with E-state index in [0.717, 1.165) is 17.8 Å². The van der Waals surface area contributed by atoms with Crippen LogP contribution >= 0.6 is 0 Å². The first-order chi connectivity index (χ1) is 12.1. The summed E-state index contributed by atoms with van der Waals surface area (Å²) in [6.45, 7) is 4.62. The zero-order valence-electron chi connectivity index (χ0n) is 15.2. The topological polar surface area (TPSA) is 40.5 Å². The molecule has 134 valence electrons. The van der Waals surface area contributed by atoms with Crippen molar-refractivity contribution in [2.45, 2.75) is 32.5 Å². The molecule has 0 aliphatic carbocycles. The number of benzene rings is 1. The second kappa shape index (κ2) is 8.21. The quantitative estimate of drug-likeness (QED) is 0.878. The average Bonchev–Trinajstić information content (AvgIpc) is 3.26. The van der Waals surface area contributed by atoms with E-state index in [1.165, 1.54) is 31.5 Å². The van der Waals surface area contributed by atoms with E-state index in [9.17, 15) is 4.79 Å². The van der Waals surface area contributed by atoms with Crippen LogP contribution in [-0.4, -0.2) is 40.5 Å². The molecule has 1 N–H and O–H groups in total. The minimum absolute atomic E-state index is 0.0534. The highest BCUT2D eigenvalue weighted by molar-refractivity contribution is 5.73. The van der Waals surface area contributed by atoms with Crippen LogP contribution in [0.4, 0.5) is 4.79 Å². The summed E-state index contributed by atoms with van der Waals surface area (Å²) in [5.74, 6) is 0. The lowest BCUT2D eigenvalue weighted by Gasteiger charge is -2.18. The Balaban J connectivity index is 1.45. The SMILES string of the molecule is CN(Cc1cccn1C)C(=O)NCc1ccc(CN2CCCC2)cc1. The molecule has 0 spiro atoms. The predicted molar refractivity (Wildman–Crippen MR) is 100 cm³/mol. The van der Waals surface area contributed by atoms with Gasteiger partial charge in [0.2, 0.25) is 0 Å². The summed E-state index contributed by atoms with van der Waals surface area (Å²) in [5, 5.41) is 2.99. The summed E-state index contributed by atoms with van der Waals surface area (Å²) in [6, 6.07) is 12.5. The molecule has 5 heteroatoms. The fourth-order valence-corrected chi connectivity index (χ4v) is 3.25. The molecule has 1 aromatic carbocycles. The number of hydrogen-bond donors (Lipinski definition) is 1. The van der Waals surface area contributed by atoms with Crippen LogP contribution in [0.25, 0.3) is 0 Å². The van der Waals surface area contributed by atoms with Crippen molar-refractivity contribution in [2.75, 3.05) is 20.1 Å². The van der Waals surface area contributed by atoms with Crippen molar-refractivity contribution in [3.63, 3.8) is 0 Å². The Kier molecular flexibility index (Phi) is 5.76. The van der Waals surface area contributed by atoms with Gasteiger partial charge in [-0.25, -0.2) is 4.79 Å². The van der Waals surface area contributed by atoms with Crippen LogP contribution in [-0.2, 0) is 26.7 Å². The molecule has 0 unspecified atom stereocenters. The second-order valence-corrected chi connectivity index (χ2v) is 6.92. The Labute approximate surface area is 150 Å². The molecule has 2 aromatic rings. The van der Waals surface area contributed by atoms with Gasteiger partial charge < -0.3 is 14.8 Å². The minimum atomic E-state index is -0.0534. The summed E-state index contributed by atoms with van der Waals surface area (Å²) in [6.07, 6.45) is 4.63. The molecule has 1 saturated heterocycles. The third kappa shape index (κ3) is 4.86. The van der Waals surface area contributed by atoms with E-state index >= 15 is 0 Å². The maximum atomic E-state index is 12.2. The molecule has 2 amide bonds. The van der Waals surface area contributed by atoms with E-state index in [1.807, 2.05) is 37.0 Å². The van der Waals surface area contributed by atoms with Gasteiger partial charge in [0.25, 0.3) is 0 Å². The summed E-state index contributed by atoms with van der Waals surface area (Å²) in [7, 11) is 3.81. The Morgan fingerprint density at radius 1 is 1.12 bits per heavy atom. The standard InChI is InChI=1S/C20H28N4O/c1-22-11-5-6-19(22)16-23(2)20(25)21-14-17-7-9-18(10-8-17)15-24-12-3-4-13-24/h5-11H,3-4,12-16H2,1-2H3,(H,21,25). The van der Waals surface area contributed by atoms with Crippen molar-refractivity contribution in [2.24, 2.45) is 7.05 Å². The van der Waals surface area contributed by atoms with E-state index in [-0.39, 0.29) is 6.03 Å². The fraction of sp³-hybridized carbons (Fsp3) is 0.450. The molecule has 2 heterocycles. The molecule has 0 bridgehead atoms. The number of carbonyl (C=O) groups is 1. The average molecular weight is 340 g/mol. The smallest absolute Gasteiger partial charge is 0.317 e. The number of nitrogens with one attached hydrogen (secondary N) is 1. The van der Waals surface area contributed by atoms with Crippen molar-refractivity contribution >= 4 is 6.03 Å². The van der Waals surface area contributed by atoms with Crippen LogP contribution in [0.1, 0.15) is 29.7 Å². The molecular formula is C20H28N4O. The molecule has 0 atom stereocenters. The zero-order valence-corrected chi connectivity index (χ0v) is 15.2. The molecule has 3 rings (SSSR count). The van der Waals surface area contributed by atoms with Gasteiger partial charge in [-0.3, -0.25) is 4.90 Å². The minimum Gasteiger partial charge on any atom is -0.353 e. The van der Waals surface area contributed by atoms with E-state index in [1.54, 1.807) is 4.90 Å². The van der Waals surface area contributed by atoms with Crippen molar-refractivity contribution in [1.29, 1.82) is 0 Å². The Morgan fingerprint density at radius 2 is 1.80 bits per heavy atom. The molecular weight excluding hydrogens is 312 g/mol. The van der Waals surface area contributed by atoms with Gasteiger partial charge in [0.15, 0.2) is 0 Å². The normalized spacial score (nSPS) is 14.6. The van der Waals surface area contributed by atoms with Crippen LogP contribution in [0.5, 0.6) is 0 Å². The Hall–Kier alpha value is -2.27. The highest BCUT2D eigenvalue weighted by Crippen LogP contribution is 2.13. The van der Waals surface area contributed by atoms with Crippen LogP contribution in [0.15, 0.2) is 42.6 Å². The van der Waals surface area contributed by atoms with Crippen molar-refractivity contribution in [1.82, 2.24) is 19.7 Å². The first kappa shape index (κ1) is 17.5. The molecule has 0 radical (unpaired) electrons. The lowest BCUT2D eigenvalue weighted by molar-refractivity contribution is 0.205. The monoisotopic (exact) mass is 340 g/mol. The van der Waals surface area contributed by atoms with Crippen LogP contribution in [0.2, 0.25) is 0 Å². The largest absolute Gasteiger partial charge is 0.353 e. The fourth-order valence-electron chi connectivity index (χ4n) is 3.25. The van der Waals surface area contributed by atoms with E-state index in [2.05, 4.69) is 34.5 Å². The number of rotatable bonds is 6. The van der Waals surface area contributed by atoms with Crippen molar-refractivity contribution in [3.8, 4) is 0 Å². The molecule has 1 fully saturated rings. The number of amides is 2. The van der Waals surface area contributed by atoms with Gasteiger partial charge in [0, 0.05) is 39.1 Å². The lowest BCUT2D eigenvalue weighted by Crippen LogP contribution is -2.36. The Morgan fingerprint density at radius 3 is 2.44 bits per heavy atom. The third-order valence-electron chi connectivity index (χ3n) is 4.87. The number of urea groups is 1. The molecule has 5 nitrogen and oxygen atoms in total. The zero-order chi connectivity index (χ0) is 17.6. The van der Waals surface area contributed by atoms with Crippen molar-refractivity contribution in [3.05, 3.63) is 59.4 Å².